The maximum atomic E-state index is 3.80. The molecule has 1 rings (SSSR count). The summed E-state index contributed by atoms with van der Waals surface area (Å²) < 4.78 is 0. The van der Waals surface area contributed by atoms with Gasteiger partial charge < -0.3 is 4.90 Å². The van der Waals surface area contributed by atoms with Crippen molar-refractivity contribution in [2.75, 3.05) is 7.05 Å². The Bertz CT molecular complexity index is 349. The first-order chi connectivity index (χ1) is 8.43. The minimum atomic E-state index is 0.559. The summed E-state index contributed by atoms with van der Waals surface area (Å²) >= 11 is 0. The predicted octanol–water partition coefficient (Wildman–Crippen LogP) is 4.63. The van der Waals surface area contributed by atoms with Crippen LogP contribution >= 0.6 is 0 Å². The number of hydrogen-bond donors (Lipinski definition) is 0. The van der Waals surface area contributed by atoms with E-state index in [2.05, 4.69) is 65.3 Å². The van der Waals surface area contributed by atoms with E-state index in [4.69, 9.17) is 0 Å². The van der Waals surface area contributed by atoms with Gasteiger partial charge in [0.2, 0.25) is 0 Å². The van der Waals surface area contributed by atoms with Crippen LogP contribution in [0.25, 0.3) is 0 Å². The molecule has 0 fully saturated rings. The van der Waals surface area contributed by atoms with E-state index < -0.39 is 0 Å². The molecule has 102 valence electrons. The SMILES string of the molecule is C=C/C=C(/C)C(CC)C1=CC([C@@H](C)C(C)C)N1C. The molecule has 0 amide bonds. The van der Waals surface area contributed by atoms with Crippen molar-refractivity contribution in [1.82, 2.24) is 4.90 Å². The molecule has 2 unspecified atom stereocenters. The molecular weight excluding hydrogens is 218 g/mol. The average Bonchev–Trinajstić information content (AvgIpc) is 2.32. The van der Waals surface area contributed by atoms with Gasteiger partial charge in [0.25, 0.3) is 0 Å². The Morgan fingerprint density at radius 2 is 2.06 bits per heavy atom. The van der Waals surface area contributed by atoms with Gasteiger partial charge in [-0.3, -0.25) is 0 Å². The van der Waals surface area contributed by atoms with Crippen LogP contribution in [0.3, 0.4) is 0 Å². The monoisotopic (exact) mass is 247 g/mol. The predicted molar refractivity (Wildman–Crippen MR) is 81.4 cm³/mol. The summed E-state index contributed by atoms with van der Waals surface area (Å²) in [4.78, 5) is 2.47. The molecule has 0 aromatic rings. The molecule has 0 bridgehead atoms. The number of hydrogen-bond acceptors (Lipinski definition) is 1. The molecule has 0 aromatic carbocycles. The molecule has 0 spiro atoms. The minimum absolute atomic E-state index is 0.559. The molecule has 0 N–H and O–H groups in total. The van der Waals surface area contributed by atoms with Crippen molar-refractivity contribution < 1.29 is 0 Å². The highest BCUT2D eigenvalue weighted by molar-refractivity contribution is 5.30. The van der Waals surface area contributed by atoms with Gasteiger partial charge >= 0.3 is 0 Å². The summed E-state index contributed by atoms with van der Waals surface area (Å²) in [6, 6.07) is 0.616. The van der Waals surface area contributed by atoms with E-state index in [0.717, 1.165) is 18.3 Å². The fourth-order valence-electron chi connectivity index (χ4n) is 2.82. The third-order valence-electron chi connectivity index (χ3n) is 4.48. The van der Waals surface area contributed by atoms with Crippen LogP contribution in [0, 0.1) is 17.8 Å². The highest BCUT2D eigenvalue weighted by atomic mass is 15.2. The minimum Gasteiger partial charge on any atom is -0.371 e. The van der Waals surface area contributed by atoms with Crippen molar-refractivity contribution in [3.05, 3.63) is 36.1 Å². The standard InChI is InChI=1S/C17H29N/c1-8-10-13(5)15(9-2)17-11-16(18(17)7)14(6)12(3)4/h8,10-12,14-16H,1,9H2,2-7H3/b13-10-/t14-,15?,16?/m0/s1. The van der Waals surface area contributed by atoms with E-state index in [1.165, 1.54) is 11.3 Å². The normalized spacial score (nSPS) is 23.5. The summed E-state index contributed by atoms with van der Waals surface area (Å²) in [5.74, 6) is 2.02. The molecule has 18 heavy (non-hydrogen) atoms. The van der Waals surface area contributed by atoms with Gasteiger partial charge in [0.05, 0.1) is 6.04 Å². The number of allylic oxidation sites excluding steroid dienone is 3. The molecular formula is C17H29N. The molecule has 0 saturated heterocycles. The molecule has 0 aliphatic carbocycles. The first kappa shape index (κ1) is 15.1. The fourth-order valence-corrected chi connectivity index (χ4v) is 2.82. The summed E-state index contributed by atoms with van der Waals surface area (Å²) in [5, 5.41) is 0. The number of rotatable bonds is 6. The lowest BCUT2D eigenvalue weighted by Crippen LogP contribution is -2.46. The molecule has 1 nitrogen and oxygen atoms in total. The van der Waals surface area contributed by atoms with Crippen LogP contribution in [0.1, 0.15) is 41.0 Å². The van der Waals surface area contributed by atoms with E-state index in [1.54, 1.807) is 0 Å². The van der Waals surface area contributed by atoms with Crippen LogP contribution in [0.5, 0.6) is 0 Å². The van der Waals surface area contributed by atoms with Gasteiger partial charge in [-0.2, -0.15) is 0 Å². The Morgan fingerprint density at radius 1 is 1.44 bits per heavy atom. The summed E-state index contributed by atoms with van der Waals surface area (Å²) in [6.07, 6.45) is 7.67. The van der Waals surface area contributed by atoms with E-state index in [-0.39, 0.29) is 0 Å². The largest absolute Gasteiger partial charge is 0.371 e. The van der Waals surface area contributed by atoms with Crippen molar-refractivity contribution in [2.45, 2.75) is 47.1 Å². The van der Waals surface area contributed by atoms with Crippen molar-refractivity contribution in [1.29, 1.82) is 0 Å². The molecule has 1 heteroatoms. The van der Waals surface area contributed by atoms with Gasteiger partial charge in [0.15, 0.2) is 0 Å². The van der Waals surface area contributed by atoms with Gasteiger partial charge in [-0.15, -0.1) is 0 Å². The van der Waals surface area contributed by atoms with Crippen LogP contribution in [-0.2, 0) is 0 Å². The van der Waals surface area contributed by atoms with Gasteiger partial charge in [-0.25, -0.2) is 0 Å². The van der Waals surface area contributed by atoms with E-state index >= 15 is 0 Å². The molecule has 0 aromatic heterocycles. The fraction of sp³-hybridized carbons (Fsp3) is 0.647. The lowest BCUT2D eigenvalue weighted by molar-refractivity contribution is 0.173. The van der Waals surface area contributed by atoms with E-state index in [1.807, 2.05) is 6.08 Å². The average molecular weight is 247 g/mol. The van der Waals surface area contributed by atoms with Crippen molar-refractivity contribution in [2.24, 2.45) is 17.8 Å². The second kappa shape index (κ2) is 6.26. The molecule has 3 atom stereocenters. The van der Waals surface area contributed by atoms with Crippen LogP contribution in [0.2, 0.25) is 0 Å². The Morgan fingerprint density at radius 3 is 2.44 bits per heavy atom. The first-order valence-corrected chi connectivity index (χ1v) is 7.17. The second-order valence-corrected chi connectivity index (χ2v) is 5.90. The molecule has 1 aliphatic heterocycles. The molecule has 0 saturated carbocycles. The zero-order valence-corrected chi connectivity index (χ0v) is 12.9. The van der Waals surface area contributed by atoms with E-state index in [0.29, 0.717) is 12.0 Å². The second-order valence-electron chi connectivity index (χ2n) is 5.90. The maximum Gasteiger partial charge on any atom is 0.0514 e. The van der Waals surface area contributed by atoms with Gasteiger partial charge in [-0.05, 0) is 31.3 Å². The quantitative estimate of drug-likeness (QED) is 0.618. The molecule has 0 radical (unpaired) electrons. The lowest BCUT2D eigenvalue weighted by Gasteiger charge is -2.46. The van der Waals surface area contributed by atoms with Crippen molar-refractivity contribution in [3.63, 3.8) is 0 Å². The van der Waals surface area contributed by atoms with Crippen molar-refractivity contribution in [3.8, 4) is 0 Å². The van der Waals surface area contributed by atoms with E-state index in [9.17, 15) is 0 Å². The van der Waals surface area contributed by atoms with Gasteiger partial charge in [-0.1, -0.05) is 52.0 Å². The zero-order valence-electron chi connectivity index (χ0n) is 12.9. The van der Waals surface area contributed by atoms with Crippen molar-refractivity contribution >= 4 is 0 Å². The summed E-state index contributed by atoms with van der Waals surface area (Å²) in [6.45, 7) is 15.2. The number of likely N-dealkylation sites (N-methyl/N-ethyl adjacent to an activating group) is 1. The topological polar surface area (TPSA) is 3.24 Å². The molecule has 1 heterocycles. The summed E-state index contributed by atoms with van der Waals surface area (Å²) in [5.41, 5.74) is 2.91. The Hall–Kier alpha value is -0.980. The van der Waals surface area contributed by atoms with Gasteiger partial charge in [0, 0.05) is 18.7 Å². The lowest BCUT2D eigenvalue weighted by atomic mass is 9.80. The first-order valence-electron chi connectivity index (χ1n) is 7.17. The van der Waals surface area contributed by atoms with Crippen LogP contribution < -0.4 is 0 Å². The Balaban J connectivity index is 2.83. The van der Waals surface area contributed by atoms with Crippen LogP contribution in [0.15, 0.2) is 36.1 Å². The smallest absolute Gasteiger partial charge is 0.0514 e. The highest BCUT2D eigenvalue weighted by Gasteiger charge is 2.34. The summed E-state index contributed by atoms with van der Waals surface area (Å²) in [7, 11) is 2.24. The third kappa shape index (κ3) is 2.88. The Kier molecular flexibility index (Phi) is 5.25. The third-order valence-corrected chi connectivity index (χ3v) is 4.48. The maximum absolute atomic E-state index is 3.80. The molecule has 1 aliphatic rings. The van der Waals surface area contributed by atoms with Gasteiger partial charge in [0.1, 0.15) is 0 Å². The zero-order chi connectivity index (χ0) is 13.9. The Labute approximate surface area is 113 Å². The van der Waals surface area contributed by atoms with Crippen LogP contribution in [0.4, 0.5) is 0 Å². The van der Waals surface area contributed by atoms with Crippen LogP contribution in [-0.4, -0.2) is 18.0 Å². The highest BCUT2D eigenvalue weighted by Crippen LogP contribution is 2.38. The number of nitrogens with zero attached hydrogens (tertiary/aromatic N) is 1.